The molecule has 0 spiro atoms. The fourth-order valence-corrected chi connectivity index (χ4v) is 3.40. The van der Waals surface area contributed by atoms with E-state index in [2.05, 4.69) is 9.26 Å². The number of nitriles is 1. The Morgan fingerprint density at radius 2 is 2.21 bits per heavy atom. The lowest BCUT2D eigenvalue weighted by molar-refractivity contribution is 0.281. The Labute approximate surface area is 85.8 Å². The van der Waals surface area contributed by atoms with Crippen LogP contribution in [-0.2, 0) is 10.1 Å². The second-order valence-corrected chi connectivity index (χ2v) is 6.66. The van der Waals surface area contributed by atoms with E-state index in [9.17, 15) is 4.55 Å². The fourth-order valence-electron chi connectivity index (χ4n) is 1.60. The summed E-state index contributed by atoms with van der Waals surface area (Å²) in [5, 5.41) is 8.41. The summed E-state index contributed by atoms with van der Waals surface area (Å²) < 4.78 is 13.5. The van der Waals surface area contributed by atoms with Crippen LogP contribution in [0.1, 0.15) is 6.92 Å². The van der Waals surface area contributed by atoms with Gasteiger partial charge in [-0.1, -0.05) is 10.1 Å². The molecule has 0 unspecified atom stereocenters. The molecule has 0 aromatic rings. The maximum atomic E-state index is 9.89. The molecule has 0 aromatic heterocycles. The van der Waals surface area contributed by atoms with Crippen LogP contribution in [0.15, 0.2) is 4.36 Å². The molecule has 1 atom stereocenters. The van der Waals surface area contributed by atoms with Crippen molar-refractivity contribution in [3.63, 3.8) is 0 Å². The number of nitrogens with two attached hydrogens (primary N) is 1. The van der Waals surface area contributed by atoms with Gasteiger partial charge in [0, 0.05) is 37.2 Å². The highest BCUT2D eigenvalue weighted by Crippen LogP contribution is 2.12. The molecule has 0 amide bonds. The van der Waals surface area contributed by atoms with Crippen LogP contribution in [0.25, 0.3) is 0 Å². The van der Waals surface area contributed by atoms with Gasteiger partial charge in [-0.05, 0) is 6.92 Å². The molecule has 1 heterocycles. The van der Waals surface area contributed by atoms with Gasteiger partial charge in [0.05, 0.1) is 0 Å². The van der Waals surface area contributed by atoms with Crippen molar-refractivity contribution in [2.24, 2.45) is 10.1 Å². The molecule has 5 nitrogen and oxygen atoms in total. The second kappa shape index (κ2) is 4.84. The van der Waals surface area contributed by atoms with E-state index in [1.165, 1.54) is 0 Å². The predicted octanol–water partition coefficient (Wildman–Crippen LogP) is -0.327. The van der Waals surface area contributed by atoms with Crippen LogP contribution in [0.4, 0.5) is 0 Å². The standard InChI is InChI=1S/C8H18N4OS/c1-8(10)6-12-2-4-14(13,5-3-12)11-7-9/h8,14H,2-6,10H2,1H3,(H,11,13)/t8-/m0/s1. The van der Waals surface area contributed by atoms with Crippen molar-refractivity contribution in [3.05, 3.63) is 0 Å². The lowest BCUT2D eigenvalue weighted by Crippen LogP contribution is -2.47. The van der Waals surface area contributed by atoms with E-state index in [1.54, 1.807) is 6.19 Å². The molecule has 14 heavy (non-hydrogen) atoms. The van der Waals surface area contributed by atoms with Crippen molar-refractivity contribution in [2.45, 2.75) is 13.0 Å². The first kappa shape index (κ1) is 11.6. The monoisotopic (exact) mass is 218 g/mol. The molecule has 82 valence electrons. The summed E-state index contributed by atoms with van der Waals surface area (Å²) in [6, 6.07) is 0.160. The zero-order valence-corrected chi connectivity index (χ0v) is 9.32. The number of rotatable bonds is 2. The van der Waals surface area contributed by atoms with E-state index < -0.39 is 10.1 Å². The molecule has 1 aliphatic rings. The molecular formula is C8H18N4OS. The SMILES string of the molecule is C[C@H](N)CN1CC[SH](O)(=NC#N)CC1. The maximum absolute atomic E-state index is 9.89. The molecule has 0 bridgehead atoms. The van der Waals surface area contributed by atoms with E-state index in [0.29, 0.717) is 11.5 Å². The van der Waals surface area contributed by atoms with Gasteiger partial charge in [0.1, 0.15) is 0 Å². The Morgan fingerprint density at radius 3 is 2.64 bits per heavy atom. The number of thiol groups is 1. The molecule has 3 N–H and O–H groups in total. The summed E-state index contributed by atoms with van der Waals surface area (Å²) >= 11 is 0. The molecule has 1 rings (SSSR count). The quantitative estimate of drug-likeness (QED) is 0.438. The van der Waals surface area contributed by atoms with Gasteiger partial charge < -0.3 is 15.2 Å². The lowest BCUT2D eigenvalue weighted by atomic mass is 10.3. The van der Waals surface area contributed by atoms with Gasteiger partial charge in [0.2, 0.25) is 6.19 Å². The molecule has 1 fully saturated rings. The topological polar surface area (TPSA) is 85.6 Å². The van der Waals surface area contributed by atoms with Crippen LogP contribution < -0.4 is 5.73 Å². The van der Waals surface area contributed by atoms with Gasteiger partial charge in [-0.3, -0.25) is 0 Å². The Bertz CT molecular complexity index is 272. The molecule has 0 saturated carbocycles. The summed E-state index contributed by atoms with van der Waals surface area (Å²) in [6.45, 7) is 4.43. The van der Waals surface area contributed by atoms with Crippen LogP contribution >= 0.6 is 0 Å². The molecule has 1 saturated heterocycles. The van der Waals surface area contributed by atoms with E-state index in [4.69, 9.17) is 11.0 Å². The predicted molar refractivity (Wildman–Crippen MR) is 59.3 cm³/mol. The average molecular weight is 218 g/mol. The summed E-state index contributed by atoms with van der Waals surface area (Å²) in [4.78, 5) is 2.21. The highest BCUT2D eigenvalue weighted by molar-refractivity contribution is 8.00. The third-order valence-electron chi connectivity index (χ3n) is 2.33. The van der Waals surface area contributed by atoms with Crippen molar-refractivity contribution < 1.29 is 4.55 Å². The van der Waals surface area contributed by atoms with Gasteiger partial charge in [-0.25, -0.2) is 0 Å². The maximum Gasteiger partial charge on any atom is 0.212 e. The second-order valence-electron chi connectivity index (χ2n) is 3.80. The Kier molecular flexibility index (Phi) is 4.01. The zero-order chi connectivity index (χ0) is 10.6. The van der Waals surface area contributed by atoms with E-state index in [-0.39, 0.29) is 6.04 Å². The van der Waals surface area contributed by atoms with E-state index in [1.807, 2.05) is 6.92 Å². The van der Waals surface area contributed by atoms with Crippen molar-refractivity contribution >= 4 is 10.1 Å². The lowest BCUT2D eigenvalue weighted by Gasteiger charge is -2.35. The van der Waals surface area contributed by atoms with Gasteiger partial charge in [0.15, 0.2) is 0 Å². The number of nitrogens with zero attached hydrogens (tertiary/aromatic N) is 3. The van der Waals surface area contributed by atoms with Gasteiger partial charge in [-0.15, -0.1) is 4.36 Å². The summed E-state index contributed by atoms with van der Waals surface area (Å²) in [6.07, 6.45) is 1.71. The summed E-state index contributed by atoms with van der Waals surface area (Å²) in [5.41, 5.74) is 5.68. The number of hydrogen-bond acceptors (Lipinski definition) is 4. The minimum atomic E-state index is -2.26. The first-order valence-electron chi connectivity index (χ1n) is 4.75. The van der Waals surface area contributed by atoms with Crippen molar-refractivity contribution in [1.82, 2.24) is 4.90 Å². The van der Waals surface area contributed by atoms with Crippen molar-refractivity contribution in [2.75, 3.05) is 31.1 Å². The van der Waals surface area contributed by atoms with Crippen LogP contribution in [0, 0.1) is 11.5 Å². The third kappa shape index (κ3) is 3.35. The molecule has 0 aliphatic carbocycles. The molecule has 0 radical (unpaired) electrons. The van der Waals surface area contributed by atoms with Gasteiger partial charge >= 0.3 is 0 Å². The largest absolute Gasteiger partial charge is 0.343 e. The highest BCUT2D eigenvalue weighted by Gasteiger charge is 2.20. The van der Waals surface area contributed by atoms with Crippen LogP contribution in [0.5, 0.6) is 0 Å². The third-order valence-corrected chi connectivity index (χ3v) is 4.62. The first-order valence-corrected chi connectivity index (χ1v) is 6.81. The van der Waals surface area contributed by atoms with Crippen LogP contribution in [-0.4, -0.2) is 46.6 Å². The van der Waals surface area contributed by atoms with Gasteiger partial charge in [-0.2, -0.15) is 5.26 Å². The minimum Gasteiger partial charge on any atom is -0.343 e. The van der Waals surface area contributed by atoms with Crippen LogP contribution in [0.3, 0.4) is 0 Å². The Morgan fingerprint density at radius 1 is 1.64 bits per heavy atom. The zero-order valence-electron chi connectivity index (χ0n) is 8.43. The Balaban J connectivity index is 2.47. The molecular weight excluding hydrogens is 200 g/mol. The summed E-state index contributed by atoms with van der Waals surface area (Å²) in [5.74, 6) is 1.26. The Hall–Kier alpha value is -0.480. The van der Waals surface area contributed by atoms with Crippen molar-refractivity contribution in [3.8, 4) is 6.19 Å². The fraction of sp³-hybridized carbons (Fsp3) is 0.875. The normalized spacial score (nSPS) is 26.1. The van der Waals surface area contributed by atoms with Crippen LogP contribution in [0.2, 0.25) is 0 Å². The smallest absolute Gasteiger partial charge is 0.212 e. The summed E-state index contributed by atoms with van der Waals surface area (Å²) in [7, 11) is -2.26. The number of hydrogen-bond donors (Lipinski definition) is 3. The van der Waals surface area contributed by atoms with E-state index in [0.717, 1.165) is 19.6 Å². The average Bonchev–Trinajstić information content (AvgIpc) is 2.09. The highest BCUT2D eigenvalue weighted by atomic mass is 32.3. The first-order chi connectivity index (χ1) is 6.56. The van der Waals surface area contributed by atoms with Crippen molar-refractivity contribution in [1.29, 1.82) is 5.26 Å². The van der Waals surface area contributed by atoms with Gasteiger partial charge in [0.25, 0.3) is 0 Å². The molecule has 1 aliphatic heterocycles. The molecule has 0 aromatic carbocycles. The minimum absolute atomic E-state index is 0.160. The molecule has 6 heteroatoms. The van der Waals surface area contributed by atoms with E-state index >= 15 is 0 Å².